The van der Waals surface area contributed by atoms with Crippen molar-refractivity contribution in [1.29, 1.82) is 0 Å². The molecule has 0 aromatic rings. The van der Waals surface area contributed by atoms with E-state index in [0.29, 0.717) is 12.6 Å². The molecule has 0 heterocycles. The van der Waals surface area contributed by atoms with Gasteiger partial charge >= 0.3 is 5.97 Å². The van der Waals surface area contributed by atoms with Crippen LogP contribution in [0, 0.1) is 0 Å². The maximum atomic E-state index is 11.1. The maximum absolute atomic E-state index is 11.1. The predicted molar refractivity (Wildman–Crippen MR) is 109 cm³/mol. The third-order valence-electron chi connectivity index (χ3n) is 3.93. The lowest BCUT2D eigenvalue weighted by molar-refractivity contribution is -0.192. The molecule has 0 saturated carbocycles. The standard InChI is InChI=1S/C11H25NO2.C9H13NO5/c1-10(13-5)6-9-14-11(2,3)7-8-12-4;1-10(8(13)4-2-6-11)15-9(14)5-3-7-12/h10,12H,6-9H2,1-5H3;6-7H,2-5H2,1H3. The van der Waals surface area contributed by atoms with E-state index < -0.39 is 11.9 Å². The Bertz CT molecular complexity index is 470. The number of hydrogen-bond acceptors (Lipinski definition) is 8. The van der Waals surface area contributed by atoms with E-state index in [0.717, 1.165) is 31.1 Å². The van der Waals surface area contributed by atoms with Crippen LogP contribution < -0.4 is 5.32 Å². The number of amides is 1. The number of nitrogens with one attached hydrogen (secondary N) is 1. The highest BCUT2D eigenvalue weighted by Gasteiger charge is 2.17. The highest BCUT2D eigenvalue weighted by molar-refractivity contribution is 5.79. The van der Waals surface area contributed by atoms with Crippen molar-refractivity contribution in [3.05, 3.63) is 0 Å². The van der Waals surface area contributed by atoms with E-state index in [-0.39, 0.29) is 37.4 Å². The fraction of sp³-hybridized carbons (Fsp3) is 0.800. The fourth-order valence-electron chi connectivity index (χ4n) is 1.88. The summed E-state index contributed by atoms with van der Waals surface area (Å²) in [6.45, 7) is 8.08. The van der Waals surface area contributed by atoms with Crippen LogP contribution in [0.5, 0.6) is 0 Å². The monoisotopic (exact) mass is 418 g/mol. The Morgan fingerprint density at radius 2 is 1.72 bits per heavy atom. The molecular weight excluding hydrogens is 380 g/mol. The smallest absolute Gasteiger partial charge is 0.332 e. The molecular formula is C20H38N2O7. The summed E-state index contributed by atoms with van der Waals surface area (Å²) in [5, 5.41) is 3.90. The second-order valence-corrected chi connectivity index (χ2v) is 7.06. The van der Waals surface area contributed by atoms with Crippen LogP contribution in [-0.4, -0.2) is 75.6 Å². The molecule has 0 aliphatic rings. The van der Waals surface area contributed by atoms with E-state index in [1.807, 2.05) is 7.05 Å². The lowest BCUT2D eigenvalue weighted by Crippen LogP contribution is -2.30. The molecule has 1 atom stereocenters. The molecule has 0 spiro atoms. The molecule has 170 valence electrons. The molecule has 1 amide bonds. The van der Waals surface area contributed by atoms with E-state index in [9.17, 15) is 19.2 Å². The maximum Gasteiger partial charge on any atom is 0.332 e. The van der Waals surface area contributed by atoms with Crippen molar-refractivity contribution >= 4 is 24.4 Å². The minimum absolute atomic E-state index is 0.000953. The number of carbonyl (C=O) groups is 4. The molecule has 29 heavy (non-hydrogen) atoms. The van der Waals surface area contributed by atoms with Crippen molar-refractivity contribution in [3.8, 4) is 0 Å². The number of hydroxylamine groups is 2. The molecule has 9 nitrogen and oxygen atoms in total. The Balaban J connectivity index is 0. The van der Waals surface area contributed by atoms with E-state index in [1.54, 1.807) is 7.11 Å². The summed E-state index contributed by atoms with van der Waals surface area (Å²) in [6, 6.07) is 0. The van der Waals surface area contributed by atoms with Crippen LogP contribution in [0.1, 0.15) is 59.3 Å². The number of carbonyl (C=O) groups excluding carboxylic acids is 4. The van der Waals surface area contributed by atoms with Crippen LogP contribution in [0.15, 0.2) is 0 Å². The highest BCUT2D eigenvalue weighted by atomic mass is 16.7. The molecule has 0 aliphatic heterocycles. The molecule has 0 saturated heterocycles. The Labute approximate surface area is 174 Å². The largest absolute Gasteiger partial charge is 0.382 e. The normalized spacial score (nSPS) is 11.7. The first-order valence-corrected chi connectivity index (χ1v) is 9.79. The molecule has 1 N–H and O–H groups in total. The third kappa shape index (κ3) is 19.3. The molecule has 1 unspecified atom stereocenters. The highest BCUT2D eigenvalue weighted by Crippen LogP contribution is 2.14. The van der Waals surface area contributed by atoms with Gasteiger partial charge in [-0.05, 0) is 47.2 Å². The van der Waals surface area contributed by atoms with Crippen molar-refractivity contribution in [2.45, 2.75) is 71.0 Å². The van der Waals surface area contributed by atoms with Crippen molar-refractivity contribution in [2.75, 3.05) is 34.4 Å². The number of aldehydes is 2. The van der Waals surface area contributed by atoms with E-state index in [4.69, 9.17) is 9.47 Å². The van der Waals surface area contributed by atoms with Crippen LogP contribution in [0.2, 0.25) is 0 Å². The van der Waals surface area contributed by atoms with Crippen LogP contribution in [0.25, 0.3) is 0 Å². The van der Waals surface area contributed by atoms with Gasteiger partial charge in [-0.1, -0.05) is 0 Å². The number of ether oxygens (including phenoxy) is 2. The Kier molecular flexibility index (Phi) is 18.4. The summed E-state index contributed by atoms with van der Waals surface area (Å²) in [6.07, 6.45) is 3.58. The summed E-state index contributed by atoms with van der Waals surface area (Å²) >= 11 is 0. The van der Waals surface area contributed by atoms with Gasteiger partial charge in [0.05, 0.1) is 18.1 Å². The van der Waals surface area contributed by atoms with Crippen LogP contribution in [0.3, 0.4) is 0 Å². The summed E-state index contributed by atoms with van der Waals surface area (Å²) in [7, 11) is 4.98. The quantitative estimate of drug-likeness (QED) is 0.335. The van der Waals surface area contributed by atoms with Crippen molar-refractivity contribution < 1.29 is 33.5 Å². The van der Waals surface area contributed by atoms with Crippen LogP contribution in [0.4, 0.5) is 0 Å². The predicted octanol–water partition coefficient (Wildman–Crippen LogP) is 1.68. The zero-order valence-electron chi connectivity index (χ0n) is 18.7. The molecule has 0 radical (unpaired) electrons. The summed E-state index contributed by atoms with van der Waals surface area (Å²) in [4.78, 5) is 46.6. The average Bonchev–Trinajstić information content (AvgIpc) is 2.68. The minimum Gasteiger partial charge on any atom is -0.382 e. The number of hydrogen-bond donors (Lipinski definition) is 1. The van der Waals surface area contributed by atoms with E-state index in [2.05, 4.69) is 30.9 Å². The van der Waals surface area contributed by atoms with Gasteiger partial charge in [-0.25, -0.2) is 4.79 Å². The van der Waals surface area contributed by atoms with Gasteiger partial charge in [0, 0.05) is 40.0 Å². The Morgan fingerprint density at radius 1 is 1.14 bits per heavy atom. The van der Waals surface area contributed by atoms with Crippen molar-refractivity contribution in [3.63, 3.8) is 0 Å². The summed E-state index contributed by atoms with van der Waals surface area (Å²) < 4.78 is 10.9. The third-order valence-corrected chi connectivity index (χ3v) is 3.93. The zero-order chi connectivity index (χ0) is 22.7. The van der Waals surface area contributed by atoms with Gasteiger partial charge in [0.2, 0.25) is 0 Å². The number of methoxy groups -OCH3 is 1. The molecule has 9 heteroatoms. The molecule has 0 rings (SSSR count). The van der Waals surface area contributed by atoms with Gasteiger partial charge in [-0.2, -0.15) is 5.06 Å². The van der Waals surface area contributed by atoms with Crippen molar-refractivity contribution in [2.24, 2.45) is 0 Å². The Hall–Kier alpha value is -1.84. The number of nitrogens with zero attached hydrogens (tertiary/aromatic N) is 1. The molecule has 0 bridgehead atoms. The molecule has 0 aromatic carbocycles. The lowest BCUT2D eigenvalue weighted by atomic mass is 10.1. The van der Waals surface area contributed by atoms with Gasteiger partial charge in [-0.15, -0.1) is 0 Å². The first kappa shape index (κ1) is 29.4. The van der Waals surface area contributed by atoms with Crippen molar-refractivity contribution in [1.82, 2.24) is 10.4 Å². The summed E-state index contributed by atoms with van der Waals surface area (Å²) in [5.41, 5.74) is -0.0313. The van der Waals surface area contributed by atoms with Crippen LogP contribution in [-0.2, 0) is 33.5 Å². The van der Waals surface area contributed by atoms with Gasteiger partial charge in [0.15, 0.2) is 0 Å². The SMILES string of the molecule is CN(OC(=O)CCC=O)C(=O)CCC=O.CNCCC(C)(C)OCCC(C)OC. The van der Waals surface area contributed by atoms with Crippen LogP contribution >= 0.6 is 0 Å². The Morgan fingerprint density at radius 3 is 2.24 bits per heavy atom. The zero-order valence-corrected chi connectivity index (χ0v) is 18.7. The second-order valence-electron chi connectivity index (χ2n) is 7.06. The topological polar surface area (TPSA) is 111 Å². The van der Waals surface area contributed by atoms with Gasteiger partial charge < -0.3 is 29.2 Å². The molecule has 0 aliphatic carbocycles. The summed E-state index contributed by atoms with van der Waals surface area (Å²) in [5.74, 6) is -1.11. The van der Waals surface area contributed by atoms with E-state index >= 15 is 0 Å². The first-order valence-electron chi connectivity index (χ1n) is 9.79. The average molecular weight is 419 g/mol. The molecule has 0 fully saturated rings. The lowest BCUT2D eigenvalue weighted by Gasteiger charge is -2.25. The van der Waals surface area contributed by atoms with Gasteiger partial charge in [0.1, 0.15) is 12.6 Å². The van der Waals surface area contributed by atoms with Gasteiger partial charge in [-0.3, -0.25) is 4.79 Å². The fourth-order valence-corrected chi connectivity index (χ4v) is 1.88. The van der Waals surface area contributed by atoms with Gasteiger partial charge in [0.25, 0.3) is 5.91 Å². The number of rotatable bonds is 14. The second kappa shape index (κ2) is 18.2. The molecule has 0 aromatic heterocycles. The van der Waals surface area contributed by atoms with E-state index in [1.165, 1.54) is 7.05 Å². The minimum atomic E-state index is -0.649. The first-order chi connectivity index (χ1) is 13.6.